The monoisotopic (exact) mass is 476 g/mol. The second kappa shape index (κ2) is 11.0. The van der Waals surface area contributed by atoms with Gasteiger partial charge in [0.25, 0.3) is 0 Å². The summed E-state index contributed by atoms with van der Waals surface area (Å²) in [4.78, 5) is 7.59. The van der Waals surface area contributed by atoms with Crippen LogP contribution in [0.5, 0.6) is 5.75 Å². The Hall–Kier alpha value is -2.21. The molecule has 0 radical (unpaired) electrons. The van der Waals surface area contributed by atoms with Gasteiger partial charge in [-0.15, -0.1) is 0 Å². The minimum atomic E-state index is 0.310. The van der Waals surface area contributed by atoms with Gasteiger partial charge in [0.1, 0.15) is 11.9 Å². The van der Waals surface area contributed by atoms with Crippen molar-refractivity contribution < 1.29 is 9.47 Å². The maximum Gasteiger partial charge on any atom is 0.119 e. The maximum atomic E-state index is 6.41. The van der Waals surface area contributed by atoms with E-state index in [1.807, 2.05) is 11.8 Å². The fraction of sp³-hybridized carbons (Fsp3) is 0.448. The molecular formula is C29H36N2O2S. The first-order valence-corrected chi connectivity index (χ1v) is 13.5. The molecule has 0 spiro atoms. The van der Waals surface area contributed by atoms with Crippen molar-refractivity contribution in [3.05, 3.63) is 71.3 Å². The second-order valence-corrected chi connectivity index (χ2v) is 10.8. The van der Waals surface area contributed by atoms with Crippen molar-refractivity contribution in [3.63, 3.8) is 0 Å². The Morgan fingerprint density at radius 2 is 1.74 bits per heavy atom. The second-order valence-electron chi connectivity index (χ2n) is 9.51. The van der Waals surface area contributed by atoms with Gasteiger partial charge in [0.15, 0.2) is 0 Å². The van der Waals surface area contributed by atoms with Crippen LogP contribution in [0.25, 0.3) is 0 Å². The summed E-state index contributed by atoms with van der Waals surface area (Å²) in [5.41, 5.74) is 3.63. The Labute approximate surface area is 208 Å². The van der Waals surface area contributed by atoms with Gasteiger partial charge in [-0.3, -0.25) is 0 Å². The Kier molecular flexibility index (Phi) is 7.63. The summed E-state index contributed by atoms with van der Waals surface area (Å²) in [5.74, 6) is 1.78. The molecule has 0 saturated carbocycles. The van der Waals surface area contributed by atoms with Crippen LogP contribution >= 0.6 is 11.8 Å². The van der Waals surface area contributed by atoms with Crippen LogP contribution in [0.2, 0.25) is 0 Å². The van der Waals surface area contributed by atoms with Crippen LogP contribution in [0.3, 0.4) is 0 Å². The number of anilines is 2. The number of allylic oxidation sites excluding steroid dienone is 3. The third-order valence-electron chi connectivity index (χ3n) is 7.08. The molecule has 3 aliphatic rings. The highest BCUT2D eigenvalue weighted by molar-refractivity contribution is 8.03. The van der Waals surface area contributed by atoms with Gasteiger partial charge in [0, 0.05) is 48.3 Å². The molecule has 2 saturated heterocycles. The molecule has 2 fully saturated rings. The standard InChI is InChI=1S/C29H36N2O2S/c1-3-6-27-22(2)34-29-8-5-4-7-28(29)31(27)24-9-11-25(12-10-24)33-26-13-17-30(18-14-26)21-23-15-19-32-20-16-23/h3-12,23,26H,13-21H2,1-2H3. The average molecular weight is 477 g/mol. The van der Waals surface area contributed by atoms with E-state index in [4.69, 9.17) is 9.47 Å². The fourth-order valence-electron chi connectivity index (χ4n) is 5.23. The molecule has 5 heteroatoms. The van der Waals surface area contributed by atoms with E-state index >= 15 is 0 Å². The first-order chi connectivity index (χ1) is 16.7. The van der Waals surface area contributed by atoms with Crippen molar-refractivity contribution in [2.75, 3.05) is 37.7 Å². The van der Waals surface area contributed by atoms with Crippen molar-refractivity contribution in [2.45, 2.75) is 50.5 Å². The smallest absolute Gasteiger partial charge is 0.119 e. The van der Waals surface area contributed by atoms with Gasteiger partial charge in [-0.2, -0.15) is 0 Å². The number of piperidine rings is 1. The maximum absolute atomic E-state index is 6.41. The number of nitrogens with zero attached hydrogens (tertiary/aromatic N) is 2. The lowest BCUT2D eigenvalue weighted by atomic mass is 9.98. The first-order valence-electron chi connectivity index (χ1n) is 12.7. The zero-order valence-corrected chi connectivity index (χ0v) is 21.2. The molecule has 0 N–H and O–H groups in total. The largest absolute Gasteiger partial charge is 0.490 e. The molecular weight excluding hydrogens is 440 g/mol. The molecule has 0 atom stereocenters. The van der Waals surface area contributed by atoms with Gasteiger partial charge < -0.3 is 19.3 Å². The van der Waals surface area contributed by atoms with Gasteiger partial charge >= 0.3 is 0 Å². The predicted octanol–water partition coefficient (Wildman–Crippen LogP) is 7.01. The third kappa shape index (κ3) is 5.37. The first kappa shape index (κ1) is 23.5. The van der Waals surface area contributed by atoms with E-state index in [-0.39, 0.29) is 0 Å². The molecule has 3 aliphatic heterocycles. The highest BCUT2D eigenvalue weighted by atomic mass is 32.2. The molecule has 4 nitrogen and oxygen atoms in total. The summed E-state index contributed by atoms with van der Waals surface area (Å²) in [7, 11) is 0. The summed E-state index contributed by atoms with van der Waals surface area (Å²) in [6.07, 6.45) is 9.28. The highest BCUT2D eigenvalue weighted by Gasteiger charge is 2.25. The Morgan fingerprint density at radius 3 is 2.47 bits per heavy atom. The van der Waals surface area contributed by atoms with E-state index in [1.54, 1.807) is 0 Å². The fourth-order valence-corrected chi connectivity index (χ4v) is 6.23. The number of fused-ring (bicyclic) bond motifs is 1. The Morgan fingerprint density at radius 1 is 1.00 bits per heavy atom. The van der Waals surface area contributed by atoms with E-state index in [2.05, 4.69) is 84.3 Å². The molecule has 0 aromatic heterocycles. The molecule has 0 bridgehead atoms. The van der Waals surface area contributed by atoms with Gasteiger partial charge in [0.2, 0.25) is 0 Å². The zero-order valence-electron chi connectivity index (χ0n) is 20.4. The lowest BCUT2D eigenvalue weighted by Gasteiger charge is -2.35. The van der Waals surface area contributed by atoms with E-state index in [9.17, 15) is 0 Å². The van der Waals surface area contributed by atoms with Crippen molar-refractivity contribution in [2.24, 2.45) is 5.92 Å². The Bertz CT molecular complexity index is 1020. The van der Waals surface area contributed by atoms with Crippen LogP contribution in [-0.2, 0) is 4.74 Å². The summed E-state index contributed by atoms with van der Waals surface area (Å²) in [6.45, 7) is 9.66. The summed E-state index contributed by atoms with van der Waals surface area (Å²) in [6, 6.07) is 17.3. The number of para-hydroxylation sites is 1. The van der Waals surface area contributed by atoms with E-state index < -0.39 is 0 Å². The number of rotatable bonds is 6. The van der Waals surface area contributed by atoms with Gasteiger partial charge in [-0.1, -0.05) is 30.0 Å². The minimum Gasteiger partial charge on any atom is -0.490 e. The predicted molar refractivity (Wildman–Crippen MR) is 142 cm³/mol. The zero-order chi connectivity index (χ0) is 23.3. The summed E-state index contributed by atoms with van der Waals surface area (Å²) >= 11 is 1.85. The molecule has 0 aliphatic carbocycles. The number of hydrogen-bond acceptors (Lipinski definition) is 5. The van der Waals surface area contributed by atoms with Gasteiger partial charge in [-0.25, -0.2) is 0 Å². The number of hydrogen-bond donors (Lipinski definition) is 0. The number of thioether (sulfide) groups is 1. The quantitative estimate of drug-likeness (QED) is 0.447. The van der Waals surface area contributed by atoms with E-state index in [0.29, 0.717) is 6.10 Å². The molecule has 5 rings (SSSR count). The van der Waals surface area contributed by atoms with Crippen LogP contribution in [0, 0.1) is 5.92 Å². The van der Waals surface area contributed by atoms with Gasteiger partial charge in [0.05, 0.1) is 11.4 Å². The van der Waals surface area contributed by atoms with E-state index in [1.165, 1.54) is 46.3 Å². The number of benzene rings is 2. The van der Waals surface area contributed by atoms with Crippen LogP contribution < -0.4 is 9.64 Å². The normalized spacial score (nSPS) is 20.7. The SMILES string of the molecule is CC=CC1=C(C)Sc2ccccc2N1c1ccc(OC2CCN(CC3CCOCC3)CC2)cc1. The van der Waals surface area contributed by atoms with Crippen LogP contribution in [0.4, 0.5) is 11.4 Å². The highest BCUT2D eigenvalue weighted by Crippen LogP contribution is 2.47. The van der Waals surface area contributed by atoms with Crippen molar-refractivity contribution >= 4 is 23.1 Å². The molecule has 3 heterocycles. The lowest BCUT2D eigenvalue weighted by Crippen LogP contribution is -2.41. The summed E-state index contributed by atoms with van der Waals surface area (Å²) < 4.78 is 11.9. The molecule has 34 heavy (non-hydrogen) atoms. The third-order valence-corrected chi connectivity index (χ3v) is 8.17. The topological polar surface area (TPSA) is 24.9 Å². The van der Waals surface area contributed by atoms with E-state index in [0.717, 1.165) is 50.8 Å². The van der Waals surface area contributed by atoms with Crippen molar-refractivity contribution in [1.29, 1.82) is 0 Å². The molecule has 0 unspecified atom stereocenters. The molecule has 0 amide bonds. The molecule has 2 aromatic carbocycles. The lowest BCUT2D eigenvalue weighted by molar-refractivity contribution is 0.0389. The number of ether oxygens (including phenoxy) is 2. The number of likely N-dealkylation sites (tertiary alicyclic amines) is 1. The summed E-state index contributed by atoms with van der Waals surface area (Å²) in [5, 5.41) is 0. The van der Waals surface area contributed by atoms with Crippen LogP contribution in [-0.4, -0.2) is 43.9 Å². The van der Waals surface area contributed by atoms with Crippen molar-refractivity contribution in [3.8, 4) is 5.75 Å². The average Bonchev–Trinajstić information content (AvgIpc) is 2.87. The van der Waals surface area contributed by atoms with Crippen LogP contribution in [0.1, 0.15) is 39.5 Å². The Balaban J connectivity index is 1.23. The van der Waals surface area contributed by atoms with Crippen molar-refractivity contribution in [1.82, 2.24) is 4.90 Å². The molecule has 2 aromatic rings. The van der Waals surface area contributed by atoms with Crippen LogP contribution in [0.15, 0.2) is 76.2 Å². The molecule has 180 valence electrons. The van der Waals surface area contributed by atoms with Gasteiger partial charge in [-0.05, 0) is 87.9 Å². The minimum absolute atomic E-state index is 0.310.